The number of alkyl halides is 3. The second kappa shape index (κ2) is 10.4. The number of fused-ring (bicyclic) bond motifs is 2. The van der Waals surface area contributed by atoms with Crippen molar-refractivity contribution in [3.63, 3.8) is 0 Å². The van der Waals surface area contributed by atoms with E-state index in [0.29, 0.717) is 41.6 Å². The smallest absolute Gasteiger partial charge is 0.382 e. The Morgan fingerprint density at radius 3 is 2.57 bits per heavy atom. The summed E-state index contributed by atoms with van der Waals surface area (Å²) in [5.74, 6) is 0.295. The third-order valence-corrected chi connectivity index (χ3v) is 8.12. The van der Waals surface area contributed by atoms with Gasteiger partial charge in [0.05, 0.1) is 5.56 Å². The third kappa shape index (κ3) is 5.05. The van der Waals surface area contributed by atoms with Crippen molar-refractivity contribution in [3.05, 3.63) is 71.4 Å². The summed E-state index contributed by atoms with van der Waals surface area (Å²) in [7, 11) is 0. The van der Waals surface area contributed by atoms with Crippen molar-refractivity contribution in [3.8, 4) is 11.3 Å². The fourth-order valence-corrected chi connectivity index (χ4v) is 5.90. The van der Waals surface area contributed by atoms with Crippen LogP contribution in [0.2, 0.25) is 0 Å². The highest BCUT2D eigenvalue weighted by molar-refractivity contribution is 6.04. The Morgan fingerprint density at radius 2 is 1.86 bits per heavy atom. The van der Waals surface area contributed by atoms with Crippen molar-refractivity contribution in [2.45, 2.75) is 63.6 Å². The SMILES string of the molecule is CC(C)c1cc(C(F)(F)F)cc(NC(=O)c2ccc(-c3nc(C4CCC5CCC(=O)N5C4)n4ccnc(N)c34)cc2)n1. The molecule has 0 saturated carbocycles. The van der Waals surface area contributed by atoms with Crippen molar-refractivity contribution in [2.24, 2.45) is 0 Å². The van der Waals surface area contributed by atoms with E-state index in [-0.39, 0.29) is 34.8 Å². The number of rotatable bonds is 5. The Hall–Kier alpha value is -4.48. The van der Waals surface area contributed by atoms with Crippen LogP contribution < -0.4 is 11.1 Å². The maximum Gasteiger partial charge on any atom is 0.416 e. The largest absolute Gasteiger partial charge is 0.416 e. The van der Waals surface area contributed by atoms with Crippen LogP contribution in [0.4, 0.5) is 24.8 Å². The molecule has 42 heavy (non-hydrogen) atoms. The van der Waals surface area contributed by atoms with E-state index in [2.05, 4.69) is 15.3 Å². The number of nitrogens with zero attached hydrogens (tertiary/aromatic N) is 5. The molecule has 218 valence electrons. The fourth-order valence-electron chi connectivity index (χ4n) is 5.90. The Labute approximate surface area is 240 Å². The summed E-state index contributed by atoms with van der Waals surface area (Å²) in [4.78, 5) is 40.8. The monoisotopic (exact) mass is 577 g/mol. The Balaban J connectivity index is 1.28. The van der Waals surface area contributed by atoms with Gasteiger partial charge in [0.15, 0.2) is 0 Å². The molecular weight excluding hydrogens is 547 g/mol. The van der Waals surface area contributed by atoms with Crippen LogP contribution in [0.15, 0.2) is 48.8 Å². The molecule has 5 heterocycles. The maximum atomic E-state index is 13.4. The molecule has 2 saturated heterocycles. The lowest BCUT2D eigenvalue weighted by Crippen LogP contribution is -2.41. The van der Waals surface area contributed by atoms with E-state index in [1.807, 2.05) is 15.5 Å². The highest BCUT2D eigenvalue weighted by Gasteiger charge is 2.38. The second-order valence-electron chi connectivity index (χ2n) is 11.2. The zero-order valence-electron chi connectivity index (χ0n) is 23.2. The van der Waals surface area contributed by atoms with Crippen LogP contribution in [0.5, 0.6) is 0 Å². The molecule has 4 aromatic rings. The van der Waals surface area contributed by atoms with E-state index in [4.69, 9.17) is 10.7 Å². The van der Waals surface area contributed by atoms with Gasteiger partial charge >= 0.3 is 6.18 Å². The first-order chi connectivity index (χ1) is 20.0. The van der Waals surface area contributed by atoms with Crippen molar-refractivity contribution >= 4 is 29.0 Å². The summed E-state index contributed by atoms with van der Waals surface area (Å²) < 4.78 is 42.2. The molecule has 2 amide bonds. The van der Waals surface area contributed by atoms with Crippen molar-refractivity contribution < 1.29 is 22.8 Å². The maximum absolute atomic E-state index is 13.4. The lowest BCUT2D eigenvalue weighted by molar-refractivity contribution is -0.137. The van der Waals surface area contributed by atoms with E-state index in [9.17, 15) is 22.8 Å². The minimum atomic E-state index is -4.57. The van der Waals surface area contributed by atoms with Gasteiger partial charge in [-0.25, -0.2) is 15.0 Å². The average Bonchev–Trinajstić information content (AvgIpc) is 3.54. The van der Waals surface area contributed by atoms with Gasteiger partial charge in [-0.1, -0.05) is 26.0 Å². The summed E-state index contributed by atoms with van der Waals surface area (Å²) in [5, 5.41) is 2.50. The van der Waals surface area contributed by atoms with Crippen LogP contribution in [0, 0.1) is 0 Å². The topological polar surface area (TPSA) is 119 Å². The van der Waals surface area contributed by atoms with Crippen molar-refractivity contribution in [2.75, 3.05) is 17.6 Å². The molecule has 0 bridgehead atoms. The number of pyridine rings is 1. The first-order valence-corrected chi connectivity index (χ1v) is 13.9. The van der Waals surface area contributed by atoms with E-state index < -0.39 is 17.6 Å². The van der Waals surface area contributed by atoms with Crippen LogP contribution >= 0.6 is 0 Å². The number of nitrogen functional groups attached to an aromatic ring is 1. The normalized spacial score (nSPS) is 19.0. The van der Waals surface area contributed by atoms with Crippen LogP contribution in [-0.2, 0) is 11.0 Å². The molecule has 1 aromatic carbocycles. The van der Waals surface area contributed by atoms with E-state index in [1.54, 1.807) is 44.3 Å². The summed E-state index contributed by atoms with van der Waals surface area (Å²) in [6, 6.07) is 8.71. The van der Waals surface area contributed by atoms with Gasteiger partial charge in [0, 0.05) is 54.1 Å². The lowest BCUT2D eigenvalue weighted by Gasteiger charge is -2.34. The molecule has 6 rings (SSSR count). The number of benzene rings is 1. The fraction of sp³-hybridized carbons (Fsp3) is 0.367. The lowest BCUT2D eigenvalue weighted by atomic mass is 9.92. The van der Waals surface area contributed by atoms with Gasteiger partial charge in [-0.15, -0.1) is 0 Å². The van der Waals surface area contributed by atoms with Gasteiger partial charge in [-0.05, 0) is 49.4 Å². The molecule has 2 aliphatic heterocycles. The number of aromatic nitrogens is 4. The van der Waals surface area contributed by atoms with Crippen molar-refractivity contribution in [1.29, 1.82) is 0 Å². The number of amides is 2. The molecule has 2 atom stereocenters. The average molecular weight is 578 g/mol. The van der Waals surface area contributed by atoms with Gasteiger partial charge in [-0.2, -0.15) is 13.2 Å². The van der Waals surface area contributed by atoms with Crippen LogP contribution in [-0.4, -0.2) is 48.7 Å². The van der Waals surface area contributed by atoms with Gasteiger partial charge in [0.25, 0.3) is 5.91 Å². The number of nitrogens with one attached hydrogen (secondary N) is 1. The number of hydrogen-bond acceptors (Lipinski definition) is 6. The summed E-state index contributed by atoms with van der Waals surface area (Å²) in [6.07, 6.45) is 2.17. The van der Waals surface area contributed by atoms with Crippen LogP contribution in [0.3, 0.4) is 0 Å². The highest BCUT2D eigenvalue weighted by Crippen LogP contribution is 2.38. The van der Waals surface area contributed by atoms with Gasteiger partial charge in [-0.3, -0.25) is 14.0 Å². The number of piperidine rings is 1. The zero-order valence-corrected chi connectivity index (χ0v) is 23.2. The molecule has 0 spiro atoms. The number of hydrogen-bond donors (Lipinski definition) is 2. The highest BCUT2D eigenvalue weighted by atomic mass is 19.4. The Bertz CT molecular complexity index is 1680. The number of carbonyl (C=O) groups is 2. The van der Waals surface area contributed by atoms with Gasteiger partial charge < -0.3 is 16.0 Å². The Kier molecular flexibility index (Phi) is 6.86. The predicted molar refractivity (Wildman–Crippen MR) is 151 cm³/mol. The van der Waals surface area contributed by atoms with Crippen molar-refractivity contribution in [1.82, 2.24) is 24.3 Å². The minimum absolute atomic E-state index is 0.0343. The second-order valence-corrected chi connectivity index (χ2v) is 11.2. The van der Waals surface area contributed by atoms with Gasteiger partial charge in [0.1, 0.15) is 28.7 Å². The number of imidazole rings is 1. The van der Waals surface area contributed by atoms with E-state index in [0.717, 1.165) is 37.2 Å². The Morgan fingerprint density at radius 1 is 1.10 bits per heavy atom. The standard InChI is InChI=1S/C30H30F3N7O2/c1-16(2)22-13-20(30(31,32)33)14-23(36-22)37-29(42)18-5-3-17(4-6-18)25-26-27(34)35-11-12-39(26)28(38-25)19-7-8-21-9-10-24(41)40(21)15-19/h3-6,11-14,16,19,21H,7-10,15H2,1-2H3,(H2,34,35)(H,36,37,42). The number of anilines is 2. The zero-order chi connectivity index (χ0) is 29.8. The van der Waals surface area contributed by atoms with E-state index in [1.165, 1.54) is 0 Å². The molecule has 2 aliphatic rings. The number of nitrogens with two attached hydrogens (primary N) is 1. The molecule has 0 aliphatic carbocycles. The quantitative estimate of drug-likeness (QED) is 0.317. The summed E-state index contributed by atoms with van der Waals surface area (Å²) in [5.41, 5.74) is 7.82. The van der Waals surface area contributed by atoms with Crippen LogP contribution in [0.25, 0.3) is 16.8 Å². The molecule has 9 nitrogen and oxygen atoms in total. The molecular formula is C30H30F3N7O2. The number of halogens is 3. The first kappa shape index (κ1) is 27.7. The van der Waals surface area contributed by atoms with Gasteiger partial charge in [0.2, 0.25) is 5.91 Å². The molecule has 3 aromatic heterocycles. The minimum Gasteiger partial charge on any atom is -0.382 e. The number of carbonyl (C=O) groups excluding carboxylic acids is 2. The molecule has 3 N–H and O–H groups in total. The predicted octanol–water partition coefficient (Wildman–Crippen LogP) is 5.64. The van der Waals surface area contributed by atoms with E-state index >= 15 is 0 Å². The molecule has 0 radical (unpaired) electrons. The molecule has 2 fully saturated rings. The third-order valence-electron chi connectivity index (χ3n) is 8.12. The molecule has 2 unspecified atom stereocenters. The summed E-state index contributed by atoms with van der Waals surface area (Å²) in [6.45, 7) is 4.07. The van der Waals surface area contributed by atoms with Crippen LogP contribution in [0.1, 0.15) is 78.8 Å². The summed E-state index contributed by atoms with van der Waals surface area (Å²) >= 11 is 0. The molecule has 12 heteroatoms. The first-order valence-electron chi connectivity index (χ1n) is 13.9.